The lowest BCUT2D eigenvalue weighted by Crippen LogP contribution is -2.18. The van der Waals surface area contributed by atoms with E-state index in [0.717, 1.165) is 69.8 Å². The van der Waals surface area contributed by atoms with Crippen molar-refractivity contribution in [2.45, 2.75) is 97.5 Å². The van der Waals surface area contributed by atoms with Gasteiger partial charge in [0.2, 0.25) is 0 Å². The first-order chi connectivity index (χ1) is 13.6. The first-order valence-corrected chi connectivity index (χ1v) is 11.1. The summed E-state index contributed by atoms with van der Waals surface area (Å²) in [6.07, 6.45) is 16.0. The second kappa shape index (κ2) is 12.8. The number of aliphatic hydroxyl groups is 1. The van der Waals surface area contributed by atoms with Crippen molar-refractivity contribution in [1.82, 2.24) is 0 Å². The summed E-state index contributed by atoms with van der Waals surface area (Å²) >= 11 is 0. The van der Waals surface area contributed by atoms with Gasteiger partial charge in [0.25, 0.3) is 0 Å². The normalized spacial score (nSPS) is 20.1. The Bertz CT molecular complexity index is 629. The number of allylic oxidation sites excluding steroid dienone is 6. The van der Waals surface area contributed by atoms with Gasteiger partial charge in [0.1, 0.15) is 0 Å². The fourth-order valence-corrected chi connectivity index (χ4v) is 3.77. The minimum atomic E-state index is -0.632. The zero-order valence-corrected chi connectivity index (χ0v) is 19.4. The van der Waals surface area contributed by atoms with Crippen molar-refractivity contribution in [1.29, 1.82) is 0 Å². The summed E-state index contributed by atoms with van der Waals surface area (Å²) in [7, 11) is 1.46. The maximum absolute atomic E-state index is 12.2. The number of hydrogen-bond acceptors (Lipinski definition) is 3. The van der Waals surface area contributed by atoms with E-state index in [1.165, 1.54) is 23.8 Å². The summed E-state index contributed by atoms with van der Waals surface area (Å²) in [5, 5.41) is 9.97. The van der Waals surface area contributed by atoms with Crippen LogP contribution in [0.4, 0.5) is 0 Å². The van der Waals surface area contributed by atoms with Crippen LogP contribution >= 0.6 is 0 Å². The van der Waals surface area contributed by atoms with Crippen LogP contribution in [0.1, 0.15) is 91.9 Å². The summed E-state index contributed by atoms with van der Waals surface area (Å²) in [6.45, 7) is 12.5. The highest BCUT2D eigenvalue weighted by Gasteiger charge is 2.17. The highest BCUT2D eigenvalue weighted by Crippen LogP contribution is 2.29. The Balaban J connectivity index is 2.95. The van der Waals surface area contributed by atoms with Crippen molar-refractivity contribution in [3.8, 4) is 0 Å². The van der Waals surface area contributed by atoms with Gasteiger partial charge in [-0.1, -0.05) is 41.5 Å². The van der Waals surface area contributed by atoms with E-state index in [-0.39, 0.29) is 5.97 Å². The van der Waals surface area contributed by atoms with Gasteiger partial charge in [0, 0.05) is 5.57 Å². The zero-order chi connectivity index (χ0) is 21.9. The molecule has 1 aliphatic carbocycles. The predicted molar refractivity (Wildman–Crippen MR) is 123 cm³/mol. The number of methoxy groups -OCH3 is 1. The van der Waals surface area contributed by atoms with Crippen LogP contribution < -0.4 is 0 Å². The number of esters is 1. The first kappa shape index (κ1) is 25.4. The van der Waals surface area contributed by atoms with E-state index in [1.54, 1.807) is 0 Å². The molecule has 1 rings (SSSR count). The average molecular weight is 403 g/mol. The van der Waals surface area contributed by atoms with Crippen LogP contribution in [0.15, 0.2) is 47.1 Å². The van der Waals surface area contributed by atoms with E-state index in [0.29, 0.717) is 5.92 Å². The lowest BCUT2D eigenvalue weighted by Gasteiger charge is -2.21. The molecule has 29 heavy (non-hydrogen) atoms. The molecule has 0 radical (unpaired) electrons. The molecule has 0 saturated carbocycles. The van der Waals surface area contributed by atoms with Gasteiger partial charge in [-0.2, -0.15) is 0 Å². The molecule has 1 aliphatic rings. The monoisotopic (exact) mass is 402 g/mol. The van der Waals surface area contributed by atoms with Crippen LogP contribution in [0.25, 0.3) is 0 Å². The number of rotatable bonds is 6. The van der Waals surface area contributed by atoms with Crippen LogP contribution in [-0.4, -0.2) is 23.8 Å². The minimum Gasteiger partial charge on any atom is -0.466 e. The smallest absolute Gasteiger partial charge is 0.333 e. The Morgan fingerprint density at radius 2 is 1.76 bits per heavy atom. The molecule has 0 aliphatic heterocycles. The SMILES string of the molecule is C=C(CCCC(C)(C)O)C1CC=C(C(=O)OC)CCC=C(C)CCC=C(C)CC1. The predicted octanol–water partition coefficient (Wildman–Crippen LogP) is 6.84. The van der Waals surface area contributed by atoms with Crippen molar-refractivity contribution in [2.75, 3.05) is 7.11 Å². The van der Waals surface area contributed by atoms with Crippen LogP contribution in [0, 0.1) is 5.92 Å². The molecule has 0 spiro atoms. The van der Waals surface area contributed by atoms with Gasteiger partial charge in [-0.15, -0.1) is 0 Å². The second-order valence-electron chi connectivity index (χ2n) is 9.19. The summed E-state index contributed by atoms with van der Waals surface area (Å²) in [6, 6.07) is 0. The molecule has 1 atom stereocenters. The minimum absolute atomic E-state index is 0.217. The Morgan fingerprint density at radius 1 is 1.14 bits per heavy atom. The Kier molecular flexibility index (Phi) is 11.3. The molecule has 1 unspecified atom stereocenters. The van der Waals surface area contributed by atoms with Gasteiger partial charge in [0.05, 0.1) is 12.7 Å². The quantitative estimate of drug-likeness (QED) is 0.391. The largest absolute Gasteiger partial charge is 0.466 e. The molecule has 0 amide bonds. The molecule has 0 aromatic heterocycles. The molecule has 0 heterocycles. The molecular weight excluding hydrogens is 360 g/mol. The molecule has 164 valence electrons. The third-order valence-corrected chi connectivity index (χ3v) is 5.79. The van der Waals surface area contributed by atoms with Crippen molar-refractivity contribution >= 4 is 5.97 Å². The van der Waals surface area contributed by atoms with Gasteiger partial charge in [0.15, 0.2) is 0 Å². The first-order valence-electron chi connectivity index (χ1n) is 11.1. The van der Waals surface area contributed by atoms with E-state index in [9.17, 15) is 9.90 Å². The van der Waals surface area contributed by atoms with Gasteiger partial charge in [-0.3, -0.25) is 0 Å². The van der Waals surface area contributed by atoms with E-state index in [2.05, 4.69) is 38.7 Å². The lowest BCUT2D eigenvalue weighted by atomic mass is 9.85. The molecule has 3 heteroatoms. The average Bonchev–Trinajstić information content (AvgIpc) is 2.64. The fourth-order valence-electron chi connectivity index (χ4n) is 3.77. The molecular formula is C26H42O3. The Hall–Kier alpha value is -1.61. The third-order valence-electron chi connectivity index (χ3n) is 5.79. The van der Waals surface area contributed by atoms with Gasteiger partial charge in [-0.05, 0) is 97.8 Å². The maximum atomic E-state index is 12.2. The van der Waals surface area contributed by atoms with Crippen molar-refractivity contribution < 1.29 is 14.6 Å². The molecule has 0 saturated heterocycles. The van der Waals surface area contributed by atoms with Crippen LogP contribution in [0.3, 0.4) is 0 Å². The summed E-state index contributed by atoms with van der Waals surface area (Å²) in [5.74, 6) is 0.130. The highest BCUT2D eigenvalue weighted by atomic mass is 16.5. The Morgan fingerprint density at radius 3 is 2.38 bits per heavy atom. The van der Waals surface area contributed by atoms with E-state index in [4.69, 9.17) is 4.74 Å². The van der Waals surface area contributed by atoms with Crippen molar-refractivity contribution in [3.05, 3.63) is 47.1 Å². The molecule has 0 bridgehead atoms. The topological polar surface area (TPSA) is 46.5 Å². The van der Waals surface area contributed by atoms with Crippen LogP contribution in [0.5, 0.6) is 0 Å². The number of ether oxygens (including phenoxy) is 1. The summed E-state index contributed by atoms with van der Waals surface area (Å²) in [4.78, 5) is 12.2. The molecule has 1 N–H and O–H groups in total. The van der Waals surface area contributed by atoms with Crippen molar-refractivity contribution in [3.63, 3.8) is 0 Å². The number of carbonyl (C=O) groups excluding carboxylic acids is 1. The van der Waals surface area contributed by atoms with E-state index < -0.39 is 5.60 Å². The number of hydrogen-bond donors (Lipinski definition) is 1. The number of carbonyl (C=O) groups is 1. The van der Waals surface area contributed by atoms with Crippen LogP contribution in [-0.2, 0) is 9.53 Å². The third kappa shape index (κ3) is 11.2. The summed E-state index contributed by atoms with van der Waals surface area (Å²) < 4.78 is 5.01. The van der Waals surface area contributed by atoms with E-state index in [1.807, 2.05) is 13.8 Å². The summed E-state index contributed by atoms with van der Waals surface area (Å²) in [5.41, 5.74) is 4.18. The maximum Gasteiger partial charge on any atom is 0.333 e. The van der Waals surface area contributed by atoms with Gasteiger partial charge < -0.3 is 9.84 Å². The standard InChI is InChI=1S/C26H42O3/c1-20-10-7-11-21(2)15-16-23(22(3)13-9-19-26(4,5)28)17-18-24(14-8-12-20)25(27)29-6/h11-12,18,23,28H,3,7-10,13-17,19H2,1-2,4-6H3. The highest BCUT2D eigenvalue weighted by molar-refractivity contribution is 5.88. The zero-order valence-electron chi connectivity index (χ0n) is 19.4. The van der Waals surface area contributed by atoms with Gasteiger partial charge >= 0.3 is 5.97 Å². The van der Waals surface area contributed by atoms with Crippen LogP contribution in [0.2, 0.25) is 0 Å². The second-order valence-corrected chi connectivity index (χ2v) is 9.19. The molecule has 0 aromatic carbocycles. The van der Waals surface area contributed by atoms with E-state index >= 15 is 0 Å². The molecule has 3 nitrogen and oxygen atoms in total. The van der Waals surface area contributed by atoms with Gasteiger partial charge in [-0.25, -0.2) is 4.79 Å². The molecule has 0 aromatic rings. The lowest BCUT2D eigenvalue weighted by molar-refractivity contribution is -0.136. The Labute approximate surface area is 178 Å². The van der Waals surface area contributed by atoms with Crippen molar-refractivity contribution in [2.24, 2.45) is 5.92 Å². The fraction of sp³-hybridized carbons (Fsp3) is 0.654. The molecule has 0 fully saturated rings.